The summed E-state index contributed by atoms with van der Waals surface area (Å²) in [6.45, 7) is 23.3. The maximum absolute atomic E-state index is 11.7. The molecular weight excluding hydrogens is 1600 g/mol. The molecule has 6 aromatic heterocycles. The van der Waals surface area contributed by atoms with E-state index in [1.165, 1.54) is 54.1 Å². The van der Waals surface area contributed by atoms with E-state index in [1.54, 1.807) is 12.4 Å². The molecule has 12 rings (SSSR count). The third kappa shape index (κ3) is 16.5. The van der Waals surface area contributed by atoms with E-state index in [4.69, 9.17) is 18.8 Å². The van der Waals surface area contributed by atoms with E-state index < -0.39 is 21.3 Å². The monoisotopic (exact) mass is 1690 g/mol. The number of hydrogen-bond acceptors (Lipinski definition) is 10. The molecule has 0 fully saturated rings. The number of carbonyl (C=O) groups is 2. The number of aliphatic hydroxyl groups excluding tert-OH is 2. The number of ketones is 2. The van der Waals surface area contributed by atoms with Crippen LogP contribution in [-0.2, 0) is 49.8 Å². The zero-order valence-electron chi connectivity index (χ0n) is 57.0. The minimum absolute atomic E-state index is 0. The van der Waals surface area contributed by atoms with Gasteiger partial charge in [-0.05, 0) is 86.0 Å². The van der Waals surface area contributed by atoms with E-state index in [2.05, 4.69) is 144 Å². The molecule has 6 aromatic carbocycles. The fraction of sp³-hybridized carbons (Fsp3) is 0.325. The average Bonchev–Trinajstić information content (AvgIpc) is 1.09. The minimum atomic E-state index is -2.24. The number of benzene rings is 6. The first-order valence-corrected chi connectivity index (χ1v) is 44.0. The minimum Gasteiger partial charge on any atom is 0 e. The Morgan fingerprint density at radius 2 is 0.872 bits per heavy atom. The van der Waals surface area contributed by atoms with Crippen LogP contribution in [0, 0.1) is 35.8 Å². The standard InChI is InChI=1S/C27H21GeN2O.C27H21N2OSi.2C13H24O2.2Ir/c1-28(2,3)22-16-24(30-23-14-13-17-8-4-5-9-18(17)25(22)23)21-11-6-10-19-20-12-7-15-29-27(20)31-26(19)21;1-31(2,3)24-16-23(29-22-14-13-17-8-4-5-9-18(17)25(22)24)21-11-6-10-19-20-12-7-15-28-27(20)30-26(19)21;2*1-5-10(6-2)12(14)9-13(15)11(7-3)8-4;;/h2*4-10,12-16H,1-3H3;2*9-11,14H,5-8H2,1-4H3;;/q2*-1;;;;. The van der Waals surface area contributed by atoms with Crippen LogP contribution in [-0.4, -0.2) is 63.1 Å². The molecule has 0 amide bonds. The third-order valence-electron chi connectivity index (χ3n) is 18.1. The first-order chi connectivity index (χ1) is 44.2. The molecule has 0 bridgehead atoms. The Morgan fingerprint density at radius 3 is 1.28 bits per heavy atom. The SMILES string of the molecule is CCC(CC)C(=O)C=C(O)C(CC)CC.CCC(CC)C(=O)C=C(O)C(CC)CC.C[Si](C)(C)c1cc(-c2[c-]ccc3c2oc2ncccc23)nc2ccc3ccccc3c12.[CH3][Ge]([CH3])([CH3])[c]1cc(-c2[c-]ccc3c2oc2ncccc23)nc2ccc3ccccc3c12.[Ir].[Ir]. The number of pyridine rings is 4. The zero-order valence-corrected chi connectivity index (χ0v) is 64.8. The fourth-order valence-corrected chi connectivity index (χ4v) is 17.4. The summed E-state index contributed by atoms with van der Waals surface area (Å²) in [5.74, 6) is 8.42. The predicted octanol–water partition coefficient (Wildman–Crippen LogP) is 21.1. The van der Waals surface area contributed by atoms with Crippen molar-refractivity contribution in [3.63, 3.8) is 0 Å². The van der Waals surface area contributed by atoms with Gasteiger partial charge in [0, 0.05) is 93.0 Å². The van der Waals surface area contributed by atoms with E-state index in [1.807, 2.05) is 104 Å². The van der Waals surface area contributed by atoms with Crippen LogP contribution >= 0.6 is 0 Å². The van der Waals surface area contributed by atoms with Crippen LogP contribution in [0.3, 0.4) is 0 Å². The van der Waals surface area contributed by atoms with Crippen LogP contribution in [0.5, 0.6) is 0 Å². The molecular formula is C80H90GeIr2N4O6Si-2. The molecule has 0 unspecified atom stereocenters. The van der Waals surface area contributed by atoms with Crippen LogP contribution in [0.15, 0.2) is 178 Å². The number of aromatic nitrogens is 4. The molecule has 494 valence electrons. The molecule has 0 saturated carbocycles. The van der Waals surface area contributed by atoms with Gasteiger partial charge in [-0.15, -0.1) is 18.2 Å². The van der Waals surface area contributed by atoms with Gasteiger partial charge >= 0.3 is 183 Å². The Balaban J connectivity index is 0.000000187. The number of hydrogen-bond donors (Lipinski definition) is 2. The van der Waals surface area contributed by atoms with E-state index >= 15 is 0 Å². The van der Waals surface area contributed by atoms with Gasteiger partial charge in [-0.3, -0.25) is 14.6 Å². The molecule has 14 heteroatoms. The molecule has 0 spiro atoms. The smallest absolute Gasteiger partial charge is 0 e. The molecule has 2 radical (unpaired) electrons. The summed E-state index contributed by atoms with van der Waals surface area (Å²) in [5, 5.41) is 32.7. The number of rotatable bonds is 18. The van der Waals surface area contributed by atoms with Crippen molar-refractivity contribution >= 4 is 130 Å². The van der Waals surface area contributed by atoms with Gasteiger partial charge in [-0.1, -0.05) is 128 Å². The van der Waals surface area contributed by atoms with Crippen molar-refractivity contribution < 1.29 is 68.8 Å². The van der Waals surface area contributed by atoms with Gasteiger partial charge in [-0.25, -0.2) is 4.98 Å². The largest absolute Gasteiger partial charge is 0 e. The van der Waals surface area contributed by atoms with Crippen molar-refractivity contribution in [1.29, 1.82) is 0 Å². The van der Waals surface area contributed by atoms with Gasteiger partial charge in [0.1, 0.15) is 0 Å². The Hall–Kier alpha value is -6.96. The first kappa shape index (κ1) is 74.4. The van der Waals surface area contributed by atoms with Gasteiger partial charge in [0.05, 0.1) is 30.7 Å². The van der Waals surface area contributed by atoms with Crippen LogP contribution in [0.1, 0.15) is 107 Å². The predicted molar refractivity (Wildman–Crippen MR) is 391 cm³/mol. The number of furan rings is 2. The van der Waals surface area contributed by atoms with Crippen LogP contribution in [0.2, 0.25) is 36.9 Å². The maximum Gasteiger partial charge on any atom is 0 e. The van der Waals surface area contributed by atoms with E-state index in [9.17, 15) is 19.8 Å². The summed E-state index contributed by atoms with van der Waals surface area (Å²) in [6.07, 6.45) is 13.3. The second-order valence-electron chi connectivity index (χ2n) is 26.1. The quantitative estimate of drug-likeness (QED) is 0.0279. The van der Waals surface area contributed by atoms with Crippen LogP contribution in [0.4, 0.5) is 0 Å². The third-order valence-corrected chi connectivity index (χ3v) is 24.3. The Morgan fingerprint density at radius 1 is 0.489 bits per heavy atom. The number of carbonyl (C=O) groups excluding carboxylic acids is 2. The van der Waals surface area contributed by atoms with E-state index in [0.717, 1.165) is 118 Å². The van der Waals surface area contributed by atoms with Crippen molar-refractivity contribution in [3.8, 4) is 22.5 Å². The van der Waals surface area contributed by atoms with Crippen LogP contribution in [0.25, 0.3) is 110 Å². The summed E-state index contributed by atoms with van der Waals surface area (Å²) in [5.41, 5.74) is 8.58. The Kier molecular flexibility index (Phi) is 26.2. The first-order valence-electron chi connectivity index (χ1n) is 33.1. The van der Waals surface area contributed by atoms with Crippen molar-refractivity contribution in [1.82, 2.24) is 19.9 Å². The molecule has 6 heterocycles. The molecule has 12 aromatic rings. The summed E-state index contributed by atoms with van der Waals surface area (Å²) < 4.78 is 13.8. The normalized spacial score (nSPS) is 12.1. The molecule has 94 heavy (non-hydrogen) atoms. The molecule has 10 nitrogen and oxygen atoms in total. The van der Waals surface area contributed by atoms with Crippen molar-refractivity contribution in [2.75, 3.05) is 0 Å². The number of aliphatic hydroxyl groups is 2. The molecule has 0 aliphatic rings. The van der Waals surface area contributed by atoms with Crippen molar-refractivity contribution in [2.45, 2.75) is 144 Å². The van der Waals surface area contributed by atoms with Gasteiger partial charge < -0.3 is 14.6 Å². The second-order valence-corrected chi connectivity index (χ2v) is 41.7. The van der Waals surface area contributed by atoms with Crippen molar-refractivity contribution in [2.24, 2.45) is 23.7 Å². The Bertz CT molecular complexity index is 4370. The number of fused-ring (bicyclic) bond motifs is 12. The molecule has 0 aliphatic heterocycles. The van der Waals surface area contributed by atoms with Crippen LogP contribution < -0.4 is 9.58 Å². The summed E-state index contributed by atoms with van der Waals surface area (Å²) in [7, 11) is -1.68. The topological polar surface area (TPSA) is 152 Å². The van der Waals surface area contributed by atoms with Gasteiger partial charge in [0.25, 0.3) is 0 Å². The second kappa shape index (κ2) is 33.1. The van der Waals surface area contributed by atoms with Gasteiger partial charge in [-0.2, -0.15) is 0 Å². The average molecular weight is 1690 g/mol. The van der Waals surface area contributed by atoms with Gasteiger partial charge in [0.15, 0.2) is 11.6 Å². The Labute approximate surface area is 585 Å². The summed E-state index contributed by atoms with van der Waals surface area (Å²) in [4.78, 5) is 42.4. The molecule has 2 N–H and O–H groups in total. The van der Waals surface area contributed by atoms with E-state index in [0.29, 0.717) is 11.4 Å². The van der Waals surface area contributed by atoms with E-state index in [-0.39, 0.29) is 87.0 Å². The number of allylic oxidation sites excluding steroid dienone is 4. The van der Waals surface area contributed by atoms with Crippen molar-refractivity contribution in [3.05, 3.63) is 182 Å². The van der Waals surface area contributed by atoms with Gasteiger partial charge in [0.2, 0.25) is 5.71 Å². The molecule has 0 aliphatic carbocycles. The zero-order chi connectivity index (χ0) is 66.0. The number of nitrogens with zero attached hydrogens (tertiary/aromatic N) is 4. The molecule has 0 atom stereocenters. The maximum atomic E-state index is 11.7. The molecule has 0 saturated heterocycles. The summed E-state index contributed by atoms with van der Waals surface area (Å²) in [6, 6.07) is 53.2. The fourth-order valence-electron chi connectivity index (χ4n) is 12.5. The summed E-state index contributed by atoms with van der Waals surface area (Å²) >= 11 is -2.24.